The third-order valence-corrected chi connectivity index (χ3v) is 3.53. The molecule has 1 atom stereocenters. The van der Waals surface area contributed by atoms with Gasteiger partial charge in [-0.1, -0.05) is 27.7 Å². The van der Waals surface area contributed by atoms with Gasteiger partial charge in [0.2, 0.25) is 0 Å². The molecule has 0 saturated heterocycles. The lowest BCUT2D eigenvalue weighted by Gasteiger charge is -2.29. The van der Waals surface area contributed by atoms with Gasteiger partial charge in [-0.05, 0) is 18.3 Å². The molecule has 0 aromatic heterocycles. The molecule has 0 aromatic carbocycles. The van der Waals surface area contributed by atoms with E-state index in [9.17, 15) is 15.0 Å². The molecule has 0 radical (unpaired) electrons. The highest BCUT2D eigenvalue weighted by atomic mass is 16.3. The Morgan fingerprint density at radius 1 is 1.37 bits per heavy atom. The Kier molecular flexibility index (Phi) is 4.91. The number of aliphatic imine (C=N–C) groups is 1. The predicted molar refractivity (Wildman–Crippen MR) is 76.5 cm³/mol. The van der Waals surface area contributed by atoms with Crippen LogP contribution in [0.1, 0.15) is 47.5 Å². The van der Waals surface area contributed by atoms with Crippen molar-refractivity contribution in [2.45, 2.75) is 53.5 Å². The van der Waals surface area contributed by atoms with Crippen LogP contribution in [0, 0.1) is 11.3 Å². The van der Waals surface area contributed by atoms with Gasteiger partial charge in [-0.2, -0.15) is 0 Å². The number of allylic oxidation sites excluding steroid dienone is 2. The van der Waals surface area contributed by atoms with Crippen molar-refractivity contribution in [1.29, 1.82) is 0 Å². The number of rotatable bonds is 4. The van der Waals surface area contributed by atoms with Crippen LogP contribution in [0.3, 0.4) is 0 Å². The van der Waals surface area contributed by atoms with Crippen molar-refractivity contribution in [1.82, 2.24) is 0 Å². The first kappa shape index (κ1) is 15.9. The minimum absolute atomic E-state index is 0.0528. The fourth-order valence-electron chi connectivity index (χ4n) is 2.41. The fraction of sp³-hybridized carbons (Fsp3) is 0.733. The van der Waals surface area contributed by atoms with Gasteiger partial charge in [-0.25, -0.2) is 0 Å². The van der Waals surface area contributed by atoms with E-state index in [1.54, 1.807) is 6.92 Å². The molecule has 0 aliphatic heterocycles. The van der Waals surface area contributed by atoms with Crippen LogP contribution in [0.25, 0.3) is 0 Å². The van der Waals surface area contributed by atoms with Gasteiger partial charge < -0.3 is 10.2 Å². The molecule has 19 heavy (non-hydrogen) atoms. The standard InChI is InChI=1S/C15H25NO3/c1-9(2)11(8-17)16-10(3)14-12(18)6-15(4,5)7-13(14)19/h9,11,17-18H,6-8H2,1-5H3/t11-/m1/s1. The number of hydrogen-bond acceptors (Lipinski definition) is 4. The molecule has 2 N–H and O–H groups in total. The number of Topliss-reactive ketones (excluding diaryl/α,β-unsaturated/α-hetero) is 1. The van der Waals surface area contributed by atoms with Crippen LogP contribution in [0.4, 0.5) is 0 Å². The largest absolute Gasteiger partial charge is 0.511 e. The van der Waals surface area contributed by atoms with Crippen molar-refractivity contribution < 1.29 is 15.0 Å². The summed E-state index contributed by atoms with van der Waals surface area (Å²) < 4.78 is 0. The Morgan fingerprint density at radius 2 is 1.95 bits per heavy atom. The Bertz CT molecular complexity index is 419. The molecule has 1 aliphatic carbocycles. The van der Waals surface area contributed by atoms with Gasteiger partial charge in [0.15, 0.2) is 5.78 Å². The topological polar surface area (TPSA) is 69.9 Å². The Balaban J connectivity index is 3.08. The van der Waals surface area contributed by atoms with Crippen LogP contribution in [-0.2, 0) is 4.79 Å². The summed E-state index contributed by atoms with van der Waals surface area (Å²) in [5.41, 5.74) is 0.684. The molecule has 0 saturated carbocycles. The Morgan fingerprint density at radius 3 is 2.37 bits per heavy atom. The number of hydrogen-bond donors (Lipinski definition) is 2. The van der Waals surface area contributed by atoms with Gasteiger partial charge in [-0.3, -0.25) is 9.79 Å². The third kappa shape index (κ3) is 3.90. The second-order valence-electron chi connectivity index (χ2n) is 6.47. The maximum atomic E-state index is 12.1. The van der Waals surface area contributed by atoms with Crippen LogP contribution in [0.5, 0.6) is 0 Å². The molecule has 108 valence electrons. The second kappa shape index (κ2) is 5.87. The average Bonchev–Trinajstić information content (AvgIpc) is 2.22. The molecule has 4 nitrogen and oxygen atoms in total. The lowest BCUT2D eigenvalue weighted by molar-refractivity contribution is -0.117. The molecule has 4 heteroatoms. The quantitative estimate of drug-likeness (QED) is 0.769. The number of aliphatic hydroxyl groups excluding tert-OH is 2. The summed E-state index contributed by atoms with van der Waals surface area (Å²) in [6.07, 6.45) is 0.914. The van der Waals surface area contributed by atoms with Gasteiger partial charge in [0, 0.05) is 18.6 Å². The van der Waals surface area contributed by atoms with Crippen LogP contribution >= 0.6 is 0 Å². The van der Waals surface area contributed by atoms with Crippen LogP contribution in [0.2, 0.25) is 0 Å². The highest BCUT2D eigenvalue weighted by molar-refractivity contribution is 6.22. The fourth-order valence-corrected chi connectivity index (χ4v) is 2.41. The smallest absolute Gasteiger partial charge is 0.168 e. The lowest BCUT2D eigenvalue weighted by atomic mass is 9.75. The summed E-state index contributed by atoms with van der Waals surface area (Å²) in [6.45, 7) is 9.55. The van der Waals surface area contributed by atoms with E-state index in [0.29, 0.717) is 24.1 Å². The minimum atomic E-state index is -0.233. The van der Waals surface area contributed by atoms with Gasteiger partial charge in [0.1, 0.15) is 5.76 Å². The minimum Gasteiger partial charge on any atom is -0.511 e. The monoisotopic (exact) mass is 267 g/mol. The summed E-state index contributed by atoms with van der Waals surface area (Å²) in [6, 6.07) is -0.233. The average molecular weight is 267 g/mol. The number of nitrogens with zero attached hydrogens (tertiary/aromatic N) is 1. The summed E-state index contributed by atoms with van der Waals surface area (Å²) in [4.78, 5) is 16.5. The molecule has 0 aromatic rings. The van der Waals surface area contributed by atoms with Crippen molar-refractivity contribution in [3.05, 3.63) is 11.3 Å². The molecular weight excluding hydrogens is 242 g/mol. The second-order valence-corrected chi connectivity index (χ2v) is 6.47. The molecule has 0 amide bonds. The molecule has 0 unspecified atom stereocenters. The van der Waals surface area contributed by atoms with Crippen molar-refractivity contribution >= 4 is 11.5 Å². The number of aliphatic hydroxyl groups is 2. The molecule has 0 spiro atoms. The normalized spacial score (nSPS) is 22.1. The Hall–Kier alpha value is -1.16. The third-order valence-electron chi connectivity index (χ3n) is 3.53. The number of carbonyl (C=O) groups excluding carboxylic acids is 1. The van der Waals surface area contributed by atoms with Crippen molar-refractivity contribution in [2.75, 3.05) is 6.61 Å². The SMILES string of the molecule is CC(=N[C@H](CO)C(C)C)C1=C(O)CC(C)(C)CC1=O. The highest BCUT2D eigenvalue weighted by Crippen LogP contribution is 2.36. The summed E-state index contributed by atoms with van der Waals surface area (Å²) >= 11 is 0. The van der Waals surface area contributed by atoms with Gasteiger partial charge in [0.25, 0.3) is 0 Å². The predicted octanol–water partition coefficient (Wildman–Crippen LogP) is 2.67. The van der Waals surface area contributed by atoms with E-state index in [1.165, 1.54) is 0 Å². The van der Waals surface area contributed by atoms with Crippen molar-refractivity contribution in [2.24, 2.45) is 16.3 Å². The van der Waals surface area contributed by atoms with E-state index in [1.807, 2.05) is 27.7 Å². The van der Waals surface area contributed by atoms with Gasteiger partial charge in [0.05, 0.1) is 18.2 Å². The van der Waals surface area contributed by atoms with Crippen molar-refractivity contribution in [3.8, 4) is 0 Å². The number of carbonyl (C=O) groups is 1. The van der Waals surface area contributed by atoms with E-state index >= 15 is 0 Å². The van der Waals surface area contributed by atoms with Gasteiger partial charge in [-0.15, -0.1) is 0 Å². The molecule has 0 fully saturated rings. The zero-order chi connectivity index (χ0) is 14.8. The van der Waals surface area contributed by atoms with Crippen LogP contribution < -0.4 is 0 Å². The summed E-state index contributed by atoms with van der Waals surface area (Å²) in [7, 11) is 0. The molecule has 0 bridgehead atoms. The first-order valence-corrected chi connectivity index (χ1v) is 6.79. The molecule has 1 rings (SSSR count). The van der Waals surface area contributed by atoms with Crippen LogP contribution in [-0.4, -0.2) is 34.4 Å². The van der Waals surface area contributed by atoms with E-state index in [2.05, 4.69) is 4.99 Å². The number of ketones is 1. The van der Waals surface area contributed by atoms with Crippen LogP contribution in [0.15, 0.2) is 16.3 Å². The maximum Gasteiger partial charge on any atom is 0.168 e. The van der Waals surface area contributed by atoms with E-state index in [0.717, 1.165) is 0 Å². The molecule has 0 heterocycles. The Labute approximate surface area is 115 Å². The molecule has 1 aliphatic rings. The summed E-state index contributed by atoms with van der Waals surface area (Å²) in [5.74, 6) is 0.260. The zero-order valence-electron chi connectivity index (χ0n) is 12.5. The van der Waals surface area contributed by atoms with E-state index < -0.39 is 0 Å². The van der Waals surface area contributed by atoms with E-state index in [4.69, 9.17) is 0 Å². The highest BCUT2D eigenvalue weighted by Gasteiger charge is 2.34. The lowest BCUT2D eigenvalue weighted by Crippen LogP contribution is -2.29. The zero-order valence-corrected chi connectivity index (χ0v) is 12.5. The summed E-state index contributed by atoms with van der Waals surface area (Å²) in [5, 5.41) is 19.4. The molecular formula is C15H25NO3. The first-order chi connectivity index (χ1) is 8.68. The van der Waals surface area contributed by atoms with Crippen molar-refractivity contribution in [3.63, 3.8) is 0 Å². The van der Waals surface area contributed by atoms with Gasteiger partial charge >= 0.3 is 0 Å². The maximum absolute atomic E-state index is 12.1. The first-order valence-electron chi connectivity index (χ1n) is 6.79. The van der Waals surface area contributed by atoms with E-state index in [-0.39, 0.29) is 35.5 Å².